The number of fused-ring (bicyclic) bond motifs is 1. The third-order valence-electron chi connectivity index (χ3n) is 2.97. The van der Waals surface area contributed by atoms with Crippen LogP contribution in [0.4, 0.5) is 4.39 Å². The van der Waals surface area contributed by atoms with Gasteiger partial charge in [-0.2, -0.15) is 0 Å². The lowest BCUT2D eigenvalue weighted by atomic mass is 10.3. The molecule has 0 fully saturated rings. The second-order valence-electron chi connectivity index (χ2n) is 4.31. The summed E-state index contributed by atoms with van der Waals surface area (Å²) in [5.41, 5.74) is -2.08. The number of carbonyl (C=O) groups is 2. The van der Waals surface area contributed by atoms with Crippen LogP contribution in [0.25, 0.3) is 0 Å². The summed E-state index contributed by atoms with van der Waals surface area (Å²) in [6, 6.07) is 0. The maximum absolute atomic E-state index is 12.7. The van der Waals surface area contributed by atoms with E-state index in [1.54, 1.807) is 16.5 Å². The molecule has 0 saturated heterocycles. The van der Waals surface area contributed by atoms with Crippen molar-refractivity contribution < 1.29 is 14.0 Å². The quantitative estimate of drug-likeness (QED) is 0.726. The van der Waals surface area contributed by atoms with Gasteiger partial charge in [-0.15, -0.1) is 10.2 Å². The molecule has 2 amide bonds. The molecule has 1 aromatic rings. The molecule has 0 saturated carbocycles. The van der Waals surface area contributed by atoms with Gasteiger partial charge in [0, 0.05) is 27.2 Å². The molecule has 19 heavy (non-hydrogen) atoms. The number of aromatic nitrogens is 3. The van der Waals surface area contributed by atoms with Crippen molar-refractivity contribution in [3.63, 3.8) is 0 Å². The van der Waals surface area contributed by atoms with Crippen molar-refractivity contribution in [2.75, 3.05) is 20.6 Å². The van der Waals surface area contributed by atoms with Crippen molar-refractivity contribution in [1.29, 1.82) is 0 Å². The fourth-order valence-corrected chi connectivity index (χ4v) is 1.99. The van der Waals surface area contributed by atoms with E-state index in [1.807, 2.05) is 0 Å². The summed E-state index contributed by atoms with van der Waals surface area (Å²) in [6.07, 6.45) is 0. The molecule has 1 aromatic heterocycles. The number of hydrogen-bond donors (Lipinski definition) is 0. The second kappa shape index (κ2) is 5.12. The Morgan fingerprint density at radius 1 is 1.53 bits per heavy atom. The van der Waals surface area contributed by atoms with Gasteiger partial charge in [0.1, 0.15) is 0 Å². The molecule has 0 aliphatic carbocycles. The lowest BCUT2D eigenvalue weighted by Gasteiger charge is -2.24. The summed E-state index contributed by atoms with van der Waals surface area (Å²) in [6.45, 7) is 1.13. The number of amides is 2. The Morgan fingerprint density at radius 3 is 2.84 bits per heavy atom. The van der Waals surface area contributed by atoms with Gasteiger partial charge in [-0.3, -0.25) is 9.59 Å². The van der Waals surface area contributed by atoms with Crippen LogP contribution < -0.4 is 0 Å². The molecule has 0 spiro atoms. The zero-order valence-corrected chi connectivity index (χ0v) is 11.3. The van der Waals surface area contributed by atoms with Crippen LogP contribution in [0.2, 0.25) is 0 Å². The molecule has 1 atom stereocenters. The van der Waals surface area contributed by atoms with Gasteiger partial charge in [-0.25, -0.2) is 4.39 Å². The van der Waals surface area contributed by atoms with E-state index in [-0.39, 0.29) is 18.3 Å². The molecule has 0 radical (unpaired) electrons. The largest absolute Gasteiger partial charge is 0.337 e. The molecule has 2 heterocycles. The van der Waals surface area contributed by atoms with E-state index in [1.165, 1.54) is 7.05 Å². The van der Waals surface area contributed by atoms with Crippen LogP contribution in [0.15, 0.2) is 0 Å². The number of carbonyl (C=O) groups excluding carboxylic acids is 2. The van der Waals surface area contributed by atoms with Crippen LogP contribution in [0.5, 0.6) is 0 Å². The fourth-order valence-electron chi connectivity index (χ4n) is 1.82. The van der Waals surface area contributed by atoms with Gasteiger partial charge >= 0.3 is 0 Å². The number of alkyl halides is 2. The van der Waals surface area contributed by atoms with Crippen molar-refractivity contribution in [1.82, 2.24) is 24.6 Å². The minimum atomic E-state index is -2.08. The van der Waals surface area contributed by atoms with E-state index >= 15 is 0 Å². The number of hydrogen-bond acceptors (Lipinski definition) is 4. The van der Waals surface area contributed by atoms with E-state index in [2.05, 4.69) is 10.2 Å². The average Bonchev–Trinajstić information content (AvgIpc) is 2.76. The number of likely N-dealkylation sites (N-methyl/N-ethyl adjacent to an activating group) is 1. The monoisotopic (exact) mass is 289 g/mol. The predicted octanol–water partition coefficient (Wildman–Crippen LogP) is -0.144. The lowest BCUT2D eigenvalue weighted by Crippen LogP contribution is -2.39. The molecule has 2 rings (SSSR count). The van der Waals surface area contributed by atoms with Gasteiger partial charge < -0.3 is 14.4 Å². The summed E-state index contributed by atoms with van der Waals surface area (Å²) in [5.74, 6) is -0.408. The topological polar surface area (TPSA) is 71.3 Å². The van der Waals surface area contributed by atoms with Crippen LogP contribution in [-0.2, 0) is 17.9 Å². The Labute approximate surface area is 113 Å². The van der Waals surface area contributed by atoms with Crippen molar-refractivity contribution >= 4 is 23.4 Å². The van der Waals surface area contributed by atoms with Crippen LogP contribution in [0, 0.1) is 0 Å². The van der Waals surface area contributed by atoms with E-state index in [0.29, 0.717) is 18.9 Å². The minimum absolute atomic E-state index is 0.0516. The first kappa shape index (κ1) is 13.7. The second-order valence-corrected chi connectivity index (χ2v) is 4.70. The summed E-state index contributed by atoms with van der Waals surface area (Å²) in [7, 11) is 3.09. The van der Waals surface area contributed by atoms with Gasteiger partial charge in [0.2, 0.25) is 5.82 Å². The number of nitrogens with zero attached hydrogens (tertiary/aromatic N) is 5. The number of rotatable bonds is 3. The predicted molar refractivity (Wildman–Crippen MR) is 64.2 cm³/mol. The summed E-state index contributed by atoms with van der Waals surface area (Å²) in [4.78, 5) is 25.8. The normalized spacial score (nSPS) is 16.2. The van der Waals surface area contributed by atoms with E-state index in [9.17, 15) is 14.0 Å². The molecule has 7 nitrogen and oxygen atoms in total. The molecule has 1 unspecified atom stereocenters. The van der Waals surface area contributed by atoms with Crippen molar-refractivity contribution in [3.8, 4) is 0 Å². The molecular weight excluding hydrogens is 277 g/mol. The Kier molecular flexibility index (Phi) is 3.70. The average molecular weight is 290 g/mol. The maximum atomic E-state index is 12.7. The zero-order valence-electron chi connectivity index (χ0n) is 10.5. The van der Waals surface area contributed by atoms with Crippen molar-refractivity contribution in [2.45, 2.75) is 18.7 Å². The Hall–Kier alpha value is -1.70. The highest BCUT2D eigenvalue weighted by molar-refractivity contribution is 6.29. The zero-order chi connectivity index (χ0) is 14.2. The first-order valence-electron chi connectivity index (χ1n) is 5.62. The SMILES string of the molecule is CN1CCn2c(CN(C)C(=O)C(F)Cl)nnc2C1=O. The fraction of sp³-hybridized carbons (Fsp3) is 0.600. The highest BCUT2D eigenvalue weighted by Gasteiger charge is 2.28. The molecule has 9 heteroatoms. The van der Waals surface area contributed by atoms with E-state index in [4.69, 9.17) is 11.6 Å². The Morgan fingerprint density at radius 2 is 2.21 bits per heavy atom. The van der Waals surface area contributed by atoms with E-state index < -0.39 is 11.5 Å². The van der Waals surface area contributed by atoms with Crippen LogP contribution in [0.1, 0.15) is 16.4 Å². The summed E-state index contributed by atoms with van der Waals surface area (Å²) in [5, 5.41) is 7.67. The molecular formula is C10H13ClFN5O2. The van der Waals surface area contributed by atoms with Gasteiger partial charge in [-0.1, -0.05) is 11.6 Å². The highest BCUT2D eigenvalue weighted by atomic mass is 35.5. The molecule has 1 aliphatic rings. The lowest BCUT2D eigenvalue weighted by molar-refractivity contribution is -0.133. The first-order chi connectivity index (χ1) is 8.91. The highest BCUT2D eigenvalue weighted by Crippen LogP contribution is 2.13. The van der Waals surface area contributed by atoms with E-state index in [0.717, 1.165) is 4.90 Å². The van der Waals surface area contributed by atoms with Gasteiger partial charge in [0.25, 0.3) is 17.4 Å². The van der Waals surface area contributed by atoms with Crippen LogP contribution in [-0.4, -0.2) is 62.6 Å². The standard InChI is InChI=1S/C10H13ClFN5O2/c1-15-3-4-17-6(13-14-8(17)10(15)19)5-16(2)9(18)7(11)12/h7H,3-5H2,1-2H3. The minimum Gasteiger partial charge on any atom is -0.337 e. The van der Waals surface area contributed by atoms with Gasteiger partial charge in [0.15, 0.2) is 5.82 Å². The first-order valence-corrected chi connectivity index (χ1v) is 6.06. The third kappa shape index (κ3) is 2.53. The summed E-state index contributed by atoms with van der Waals surface area (Å²) >= 11 is 5.09. The Bertz CT molecular complexity index is 518. The molecule has 104 valence electrons. The maximum Gasteiger partial charge on any atom is 0.291 e. The van der Waals surface area contributed by atoms with Crippen LogP contribution >= 0.6 is 11.6 Å². The molecule has 0 N–H and O–H groups in total. The van der Waals surface area contributed by atoms with Gasteiger partial charge in [0.05, 0.1) is 6.54 Å². The smallest absolute Gasteiger partial charge is 0.291 e. The number of halogens is 2. The summed E-state index contributed by atoms with van der Waals surface area (Å²) < 4.78 is 14.3. The molecule has 0 bridgehead atoms. The van der Waals surface area contributed by atoms with Gasteiger partial charge in [-0.05, 0) is 0 Å². The van der Waals surface area contributed by atoms with Crippen molar-refractivity contribution in [2.24, 2.45) is 0 Å². The Balaban J connectivity index is 2.18. The molecule has 0 aromatic carbocycles. The van der Waals surface area contributed by atoms with Crippen molar-refractivity contribution in [3.05, 3.63) is 11.6 Å². The third-order valence-corrected chi connectivity index (χ3v) is 3.15. The molecule has 1 aliphatic heterocycles. The van der Waals surface area contributed by atoms with Crippen LogP contribution in [0.3, 0.4) is 0 Å².